The normalized spacial score (nSPS) is 12.1. The van der Waals surface area contributed by atoms with E-state index in [-0.39, 0.29) is 6.54 Å². The van der Waals surface area contributed by atoms with E-state index in [1.165, 1.54) is 0 Å². The summed E-state index contributed by atoms with van der Waals surface area (Å²) in [4.78, 5) is 0. The Hall–Kier alpha value is -1.32. The molecule has 0 aliphatic rings. The molecular formula is C12H20N2O5S2. The van der Waals surface area contributed by atoms with Crippen LogP contribution in [0.3, 0.4) is 0 Å². The third kappa shape index (κ3) is 6.32. The van der Waals surface area contributed by atoms with Crippen molar-refractivity contribution < 1.29 is 21.6 Å². The zero-order valence-electron chi connectivity index (χ0n) is 12.0. The monoisotopic (exact) mass is 336 g/mol. The number of anilines is 1. The fourth-order valence-corrected chi connectivity index (χ4v) is 4.27. The number of hydrogen-bond donors (Lipinski definition) is 2. The molecule has 0 amide bonds. The maximum atomic E-state index is 11.8. The minimum absolute atomic E-state index is 0.203. The summed E-state index contributed by atoms with van der Waals surface area (Å²) in [5, 5.41) is 0. The number of hydrogen-bond acceptors (Lipinski definition) is 6. The molecule has 0 saturated carbocycles. The highest BCUT2D eigenvalue weighted by Crippen LogP contribution is 2.23. The summed E-state index contributed by atoms with van der Waals surface area (Å²) in [5.74, 6) is -0.320. The lowest BCUT2D eigenvalue weighted by Gasteiger charge is -2.12. The van der Waals surface area contributed by atoms with Crippen LogP contribution in [0.1, 0.15) is 12.5 Å². The second-order valence-corrected chi connectivity index (χ2v) is 8.61. The number of sulfonamides is 1. The lowest BCUT2D eigenvalue weighted by atomic mass is 10.2. The van der Waals surface area contributed by atoms with Crippen molar-refractivity contribution in [1.29, 1.82) is 0 Å². The molecule has 3 N–H and O–H groups in total. The molecule has 0 saturated heterocycles. The molecule has 7 nitrogen and oxygen atoms in total. The van der Waals surface area contributed by atoms with Crippen molar-refractivity contribution in [2.45, 2.75) is 13.5 Å². The van der Waals surface area contributed by atoms with E-state index in [1.54, 1.807) is 18.2 Å². The topological polar surface area (TPSA) is 116 Å². The van der Waals surface area contributed by atoms with Crippen LogP contribution < -0.4 is 15.2 Å². The first-order chi connectivity index (χ1) is 9.67. The van der Waals surface area contributed by atoms with E-state index in [9.17, 15) is 16.8 Å². The summed E-state index contributed by atoms with van der Waals surface area (Å²) in [7, 11) is -7.06. The van der Waals surface area contributed by atoms with E-state index in [0.29, 0.717) is 23.6 Å². The molecule has 1 aromatic rings. The lowest BCUT2D eigenvalue weighted by Crippen LogP contribution is -2.22. The molecule has 0 unspecified atom stereocenters. The molecule has 0 radical (unpaired) electrons. The van der Waals surface area contributed by atoms with Gasteiger partial charge in [0.25, 0.3) is 0 Å². The molecule has 0 aromatic heterocycles. The second-order valence-electron chi connectivity index (χ2n) is 4.51. The summed E-state index contributed by atoms with van der Waals surface area (Å²) in [6.45, 7) is 2.52. The van der Waals surface area contributed by atoms with Crippen LogP contribution in [0.15, 0.2) is 18.2 Å². The van der Waals surface area contributed by atoms with Crippen LogP contribution in [0.5, 0.6) is 5.75 Å². The van der Waals surface area contributed by atoms with Gasteiger partial charge in [0, 0.05) is 24.1 Å². The fourth-order valence-electron chi connectivity index (χ4n) is 1.59. The Balaban J connectivity index is 2.87. The average Bonchev–Trinajstić information content (AvgIpc) is 2.37. The molecule has 21 heavy (non-hydrogen) atoms. The van der Waals surface area contributed by atoms with E-state index in [4.69, 9.17) is 10.5 Å². The van der Waals surface area contributed by atoms with Gasteiger partial charge in [0.2, 0.25) is 10.0 Å². The van der Waals surface area contributed by atoms with Gasteiger partial charge in [-0.3, -0.25) is 4.72 Å². The van der Waals surface area contributed by atoms with Gasteiger partial charge in [-0.25, -0.2) is 16.8 Å². The quantitative estimate of drug-likeness (QED) is 0.707. The predicted octanol–water partition coefficient (Wildman–Crippen LogP) is 0.330. The third-order valence-electron chi connectivity index (χ3n) is 2.58. The van der Waals surface area contributed by atoms with Crippen LogP contribution in [0.25, 0.3) is 0 Å². The van der Waals surface area contributed by atoms with Crippen LogP contribution in [0, 0.1) is 0 Å². The minimum Gasteiger partial charge on any atom is -0.494 e. The zero-order chi connectivity index (χ0) is 16.1. The molecule has 0 atom stereocenters. The molecule has 0 aliphatic carbocycles. The predicted molar refractivity (Wildman–Crippen MR) is 82.6 cm³/mol. The van der Waals surface area contributed by atoms with E-state index in [2.05, 4.69) is 4.72 Å². The second kappa shape index (κ2) is 7.10. The summed E-state index contributed by atoms with van der Waals surface area (Å²) in [6.07, 6.45) is 0.992. The highest BCUT2D eigenvalue weighted by atomic mass is 32.2. The average molecular weight is 336 g/mol. The summed E-state index contributed by atoms with van der Waals surface area (Å²) < 4.78 is 53.4. The highest BCUT2D eigenvalue weighted by molar-refractivity contribution is 7.95. The molecule has 1 aromatic carbocycles. The Morgan fingerprint density at radius 1 is 1.19 bits per heavy atom. The molecule has 0 bridgehead atoms. The molecule has 0 heterocycles. The number of sulfone groups is 1. The lowest BCUT2D eigenvalue weighted by molar-refractivity contribution is 0.336. The van der Waals surface area contributed by atoms with Crippen LogP contribution in [0.2, 0.25) is 0 Å². The Morgan fingerprint density at radius 2 is 1.86 bits per heavy atom. The SMILES string of the molecule is CCOc1ccc(NS(=O)(=O)CCS(C)(=O)=O)cc1CN. The largest absolute Gasteiger partial charge is 0.494 e. The van der Waals surface area contributed by atoms with Gasteiger partial charge >= 0.3 is 0 Å². The first kappa shape index (κ1) is 17.7. The van der Waals surface area contributed by atoms with Gasteiger partial charge < -0.3 is 10.5 Å². The van der Waals surface area contributed by atoms with Crippen molar-refractivity contribution in [3.05, 3.63) is 23.8 Å². The summed E-state index contributed by atoms with van der Waals surface area (Å²) in [5.41, 5.74) is 6.59. The Morgan fingerprint density at radius 3 is 2.38 bits per heavy atom. The van der Waals surface area contributed by atoms with Crippen molar-refractivity contribution in [2.75, 3.05) is 29.1 Å². The zero-order valence-corrected chi connectivity index (χ0v) is 13.6. The maximum absolute atomic E-state index is 11.8. The Kier molecular flexibility index (Phi) is 5.99. The first-order valence-electron chi connectivity index (χ1n) is 6.31. The molecule has 0 spiro atoms. The Labute approximate surface area is 125 Å². The third-order valence-corrected chi connectivity index (χ3v) is 5.07. The van der Waals surface area contributed by atoms with E-state index in [0.717, 1.165) is 6.26 Å². The van der Waals surface area contributed by atoms with Gasteiger partial charge in [-0.1, -0.05) is 0 Å². The van der Waals surface area contributed by atoms with Crippen LogP contribution in [-0.2, 0) is 26.4 Å². The summed E-state index contributed by atoms with van der Waals surface area (Å²) >= 11 is 0. The van der Waals surface area contributed by atoms with Gasteiger partial charge in [-0.2, -0.15) is 0 Å². The van der Waals surface area contributed by atoms with Gasteiger partial charge in [-0.15, -0.1) is 0 Å². The van der Waals surface area contributed by atoms with Gasteiger partial charge in [0.15, 0.2) is 0 Å². The summed E-state index contributed by atoms with van der Waals surface area (Å²) in [6, 6.07) is 4.74. The number of nitrogens with one attached hydrogen (secondary N) is 1. The Bertz CT molecular complexity index is 684. The highest BCUT2D eigenvalue weighted by Gasteiger charge is 2.15. The standard InChI is InChI=1S/C12H20N2O5S2/c1-3-19-12-5-4-11(8-10(12)9-13)14-21(17,18)7-6-20(2,15)16/h4-5,8,14H,3,6-7,9,13H2,1-2H3. The molecule has 0 fully saturated rings. The van der Waals surface area contributed by atoms with Crippen LogP contribution >= 0.6 is 0 Å². The molecule has 120 valence electrons. The number of ether oxygens (including phenoxy) is 1. The molecule has 1 rings (SSSR count). The van der Waals surface area contributed by atoms with E-state index in [1.807, 2.05) is 6.92 Å². The van der Waals surface area contributed by atoms with Crippen molar-refractivity contribution in [1.82, 2.24) is 0 Å². The van der Waals surface area contributed by atoms with E-state index < -0.39 is 31.4 Å². The van der Waals surface area contributed by atoms with E-state index >= 15 is 0 Å². The van der Waals surface area contributed by atoms with Gasteiger partial charge in [-0.05, 0) is 25.1 Å². The maximum Gasteiger partial charge on any atom is 0.233 e. The van der Waals surface area contributed by atoms with Crippen molar-refractivity contribution >= 4 is 25.5 Å². The number of benzene rings is 1. The molecule has 9 heteroatoms. The smallest absolute Gasteiger partial charge is 0.233 e. The minimum atomic E-state index is -3.73. The van der Waals surface area contributed by atoms with Crippen molar-refractivity contribution in [3.63, 3.8) is 0 Å². The number of nitrogens with two attached hydrogens (primary N) is 1. The first-order valence-corrected chi connectivity index (χ1v) is 10.0. The number of rotatable bonds is 8. The van der Waals surface area contributed by atoms with Crippen LogP contribution in [0.4, 0.5) is 5.69 Å². The van der Waals surface area contributed by atoms with Crippen molar-refractivity contribution in [3.8, 4) is 5.75 Å². The fraction of sp³-hybridized carbons (Fsp3) is 0.500. The van der Waals surface area contributed by atoms with Gasteiger partial charge in [0.1, 0.15) is 15.6 Å². The van der Waals surface area contributed by atoms with Crippen LogP contribution in [-0.4, -0.2) is 41.2 Å². The molecule has 0 aliphatic heterocycles. The van der Waals surface area contributed by atoms with Gasteiger partial charge in [0.05, 0.1) is 18.1 Å². The van der Waals surface area contributed by atoms with Crippen molar-refractivity contribution in [2.24, 2.45) is 5.73 Å². The molecular weight excluding hydrogens is 316 g/mol.